The number of carbonyl (C=O) groups is 2. The van der Waals surface area contributed by atoms with E-state index in [1.807, 2.05) is 12.1 Å². The van der Waals surface area contributed by atoms with Gasteiger partial charge in [-0.25, -0.2) is 8.42 Å². The summed E-state index contributed by atoms with van der Waals surface area (Å²) in [5, 5.41) is 5.58. The molecule has 0 saturated carbocycles. The lowest BCUT2D eigenvalue weighted by Crippen LogP contribution is -2.38. The molecule has 4 aromatic rings. The smallest absolute Gasteiger partial charge is 0.264 e. The van der Waals surface area contributed by atoms with Crippen LogP contribution in [0.25, 0.3) is 0 Å². The third kappa shape index (κ3) is 7.44. The molecule has 0 saturated heterocycles. The summed E-state index contributed by atoms with van der Waals surface area (Å²) in [5.74, 6) is 0.451. The van der Waals surface area contributed by atoms with E-state index in [1.165, 1.54) is 19.2 Å². The van der Waals surface area contributed by atoms with E-state index in [9.17, 15) is 18.0 Å². The van der Waals surface area contributed by atoms with Gasteiger partial charge in [0.2, 0.25) is 5.91 Å². The highest BCUT2D eigenvalue weighted by molar-refractivity contribution is 7.92. The number of carbonyl (C=O) groups excluding carboxylic acids is 2. The van der Waals surface area contributed by atoms with Crippen LogP contribution in [0.15, 0.2) is 102 Å². The van der Waals surface area contributed by atoms with Crippen molar-refractivity contribution in [2.24, 2.45) is 0 Å². The molecule has 0 atom stereocenters. The Balaban J connectivity index is 1.50. The normalized spacial score (nSPS) is 10.9. The Kier molecular flexibility index (Phi) is 10.2. The third-order valence-electron chi connectivity index (χ3n) is 6.57. The number of para-hydroxylation sites is 3. The van der Waals surface area contributed by atoms with Crippen molar-refractivity contribution in [3.63, 3.8) is 0 Å². The molecular formula is C32H33N3O7S. The number of rotatable bonds is 13. The zero-order valence-corrected chi connectivity index (χ0v) is 24.9. The van der Waals surface area contributed by atoms with Gasteiger partial charge in [0.1, 0.15) is 12.3 Å². The van der Waals surface area contributed by atoms with E-state index in [1.54, 1.807) is 87.0 Å². The standard InChI is InChI=1S/C32H33N3O7S/c1-40-28-16-10-9-15-27(28)35(43(38,39)24-11-5-4-6-12-24)22-31(36)34-26-14-8-7-13-25(26)32(37)33-20-19-23-17-18-29(41-2)30(21-23)42-3/h4-18,21H,19-20,22H2,1-3H3,(H,33,37)(H,34,36). The van der Waals surface area contributed by atoms with Gasteiger partial charge < -0.3 is 24.8 Å². The maximum atomic E-state index is 13.7. The number of anilines is 2. The Morgan fingerprint density at radius 2 is 1.40 bits per heavy atom. The molecule has 43 heavy (non-hydrogen) atoms. The number of nitrogens with zero attached hydrogens (tertiary/aromatic N) is 1. The van der Waals surface area contributed by atoms with Gasteiger partial charge >= 0.3 is 0 Å². The Hall–Kier alpha value is -5.03. The molecule has 0 aliphatic heterocycles. The molecule has 0 aliphatic carbocycles. The first-order valence-corrected chi connectivity index (χ1v) is 14.8. The summed E-state index contributed by atoms with van der Waals surface area (Å²) in [4.78, 5) is 26.5. The molecule has 4 rings (SSSR count). The lowest BCUT2D eigenvalue weighted by atomic mass is 10.1. The van der Waals surface area contributed by atoms with E-state index < -0.39 is 28.4 Å². The van der Waals surface area contributed by atoms with Crippen molar-refractivity contribution in [2.75, 3.05) is 44.0 Å². The number of methoxy groups -OCH3 is 3. The fourth-order valence-electron chi connectivity index (χ4n) is 4.42. The highest BCUT2D eigenvalue weighted by Gasteiger charge is 2.29. The lowest BCUT2D eigenvalue weighted by molar-refractivity contribution is -0.114. The molecular weight excluding hydrogens is 570 g/mol. The molecule has 11 heteroatoms. The van der Waals surface area contributed by atoms with Crippen molar-refractivity contribution >= 4 is 33.2 Å². The first-order chi connectivity index (χ1) is 20.8. The first kappa shape index (κ1) is 30.9. The molecule has 0 aromatic heterocycles. The summed E-state index contributed by atoms with van der Waals surface area (Å²) in [6, 6.07) is 26.4. The largest absolute Gasteiger partial charge is 0.495 e. The highest BCUT2D eigenvalue weighted by Crippen LogP contribution is 2.32. The van der Waals surface area contributed by atoms with Crippen molar-refractivity contribution in [3.05, 3.63) is 108 Å². The second kappa shape index (κ2) is 14.2. The number of sulfonamides is 1. The number of ether oxygens (including phenoxy) is 3. The Labute approximate surface area is 251 Å². The van der Waals surface area contributed by atoms with E-state index in [2.05, 4.69) is 10.6 Å². The average molecular weight is 604 g/mol. The first-order valence-electron chi connectivity index (χ1n) is 13.4. The van der Waals surface area contributed by atoms with Gasteiger partial charge in [0.25, 0.3) is 15.9 Å². The van der Waals surface area contributed by atoms with Gasteiger partial charge in [0, 0.05) is 6.54 Å². The van der Waals surface area contributed by atoms with E-state index in [0.29, 0.717) is 24.5 Å². The number of benzene rings is 4. The molecule has 0 unspecified atom stereocenters. The zero-order valence-electron chi connectivity index (χ0n) is 24.1. The van der Waals surface area contributed by atoms with Crippen LogP contribution in [-0.4, -0.2) is 54.7 Å². The summed E-state index contributed by atoms with van der Waals surface area (Å²) in [7, 11) is 0.389. The summed E-state index contributed by atoms with van der Waals surface area (Å²) in [6.07, 6.45) is 0.534. The second-order valence-corrected chi connectivity index (χ2v) is 11.1. The zero-order chi connectivity index (χ0) is 30.8. The molecule has 0 radical (unpaired) electrons. The minimum atomic E-state index is -4.15. The van der Waals surface area contributed by atoms with Crippen LogP contribution < -0.4 is 29.1 Å². The minimum Gasteiger partial charge on any atom is -0.495 e. The van der Waals surface area contributed by atoms with Crippen molar-refractivity contribution in [2.45, 2.75) is 11.3 Å². The number of hydrogen-bond donors (Lipinski definition) is 2. The van der Waals surface area contributed by atoms with E-state index in [4.69, 9.17) is 14.2 Å². The Bertz CT molecular complexity index is 1680. The van der Waals surface area contributed by atoms with Crippen LogP contribution in [0.2, 0.25) is 0 Å². The Morgan fingerprint density at radius 1 is 0.744 bits per heavy atom. The van der Waals surface area contributed by atoms with Crippen molar-refractivity contribution < 1.29 is 32.2 Å². The fourth-order valence-corrected chi connectivity index (χ4v) is 5.87. The molecule has 0 aliphatic rings. The van der Waals surface area contributed by atoms with Crippen LogP contribution in [0, 0.1) is 0 Å². The van der Waals surface area contributed by atoms with Crippen LogP contribution in [0.1, 0.15) is 15.9 Å². The molecule has 2 N–H and O–H groups in total. The number of nitrogens with one attached hydrogen (secondary N) is 2. The van der Waals surface area contributed by atoms with Gasteiger partial charge in [-0.15, -0.1) is 0 Å². The second-order valence-electron chi connectivity index (χ2n) is 9.29. The fraction of sp³-hybridized carbons (Fsp3) is 0.188. The van der Waals surface area contributed by atoms with E-state index in [0.717, 1.165) is 9.87 Å². The van der Waals surface area contributed by atoms with Gasteiger partial charge in [-0.05, 0) is 60.5 Å². The molecule has 224 valence electrons. The highest BCUT2D eigenvalue weighted by atomic mass is 32.2. The molecule has 0 fully saturated rings. The van der Waals surface area contributed by atoms with E-state index in [-0.39, 0.29) is 27.6 Å². The summed E-state index contributed by atoms with van der Waals surface area (Å²) >= 11 is 0. The van der Waals surface area contributed by atoms with Crippen LogP contribution in [0.4, 0.5) is 11.4 Å². The summed E-state index contributed by atoms with van der Waals surface area (Å²) in [6.45, 7) is -0.236. The van der Waals surface area contributed by atoms with Gasteiger partial charge in [-0.3, -0.25) is 13.9 Å². The molecule has 0 bridgehead atoms. The topological polar surface area (TPSA) is 123 Å². The molecule has 10 nitrogen and oxygen atoms in total. The number of amides is 2. The van der Waals surface area contributed by atoms with Crippen LogP contribution in [0.5, 0.6) is 17.2 Å². The average Bonchev–Trinajstić information content (AvgIpc) is 3.04. The predicted octanol–water partition coefficient (Wildman–Crippen LogP) is 4.52. The van der Waals surface area contributed by atoms with Crippen molar-refractivity contribution in [1.82, 2.24) is 5.32 Å². The predicted molar refractivity (Wildman–Crippen MR) is 165 cm³/mol. The lowest BCUT2D eigenvalue weighted by Gasteiger charge is -2.25. The van der Waals surface area contributed by atoms with Gasteiger partial charge in [0.05, 0.1) is 43.2 Å². The van der Waals surface area contributed by atoms with E-state index >= 15 is 0 Å². The maximum Gasteiger partial charge on any atom is 0.264 e. The Morgan fingerprint density at radius 3 is 2.12 bits per heavy atom. The summed E-state index contributed by atoms with van der Waals surface area (Å²) in [5.41, 5.74) is 1.62. The number of hydrogen-bond acceptors (Lipinski definition) is 7. The third-order valence-corrected chi connectivity index (χ3v) is 8.34. The van der Waals surface area contributed by atoms with Gasteiger partial charge in [0.15, 0.2) is 11.5 Å². The molecule has 2 amide bonds. The quantitative estimate of drug-likeness (QED) is 0.230. The summed E-state index contributed by atoms with van der Waals surface area (Å²) < 4.78 is 44.4. The van der Waals surface area contributed by atoms with Gasteiger partial charge in [-0.1, -0.05) is 48.5 Å². The van der Waals surface area contributed by atoms with Gasteiger partial charge in [-0.2, -0.15) is 0 Å². The monoisotopic (exact) mass is 603 g/mol. The molecule has 0 heterocycles. The van der Waals surface area contributed by atoms with Crippen molar-refractivity contribution in [3.8, 4) is 17.2 Å². The van der Waals surface area contributed by atoms with Crippen LogP contribution in [0.3, 0.4) is 0 Å². The maximum absolute atomic E-state index is 13.7. The van der Waals surface area contributed by atoms with Crippen molar-refractivity contribution in [1.29, 1.82) is 0 Å². The molecule has 4 aromatic carbocycles. The SMILES string of the molecule is COc1ccc(CCNC(=O)c2ccccc2NC(=O)CN(c2ccccc2OC)S(=O)(=O)c2ccccc2)cc1OC. The van der Waals surface area contributed by atoms with Crippen LogP contribution in [-0.2, 0) is 21.2 Å². The van der Waals surface area contributed by atoms with Crippen LogP contribution >= 0.6 is 0 Å². The minimum absolute atomic E-state index is 0.0166. The molecule has 0 spiro atoms.